The first-order valence-electron chi connectivity index (χ1n) is 7.16. The van der Waals surface area contributed by atoms with Gasteiger partial charge in [0.1, 0.15) is 5.75 Å². The van der Waals surface area contributed by atoms with E-state index in [-0.39, 0.29) is 0 Å². The summed E-state index contributed by atoms with van der Waals surface area (Å²) in [7, 11) is 0. The zero-order valence-corrected chi connectivity index (χ0v) is 14.3. The predicted molar refractivity (Wildman–Crippen MR) is 85.9 cm³/mol. The summed E-state index contributed by atoms with van der Waals surface area (Å²) >= 11 is 3.57. The van der Waals surface area contributed by atoms with E-state index in [0.29, 0.717) is 12.1 Å². The van der Waals surface area contributed by atoms with E-state index < -0.39 is 0 Å². The van der Waals surface area contributed by atoms with Gasteiger partial charge in [-0.15, -0.1) is 0 Å². The third-order valence-corrected chi connectivity index (χ3v) is 3.67. The van der Waals surface area contributed by atoms with E-state index in [2.05, 4.69) is 68.0 Å². The van der Waals surface area contributed by atoms with Gasteiger partial charge in [-0.2, -0.15) is 0 Å². The normalized spacial score (nSPS) is 11.4. The Hall–Kier alpha value is -0.540. The highest BCUT2D eigenvalue weighted by molar-refractivity contribution is 9.10. The van der Waals surface area contributed by atoms with Gasteiger partial charge in [0.2, 0.25) is 0 Å². The third kappa shape index (κ3) is 5.15. The van der Waals surface area contributed by atoms with Crippen molar-refractivity contribution in [3.8, 4) is 5.75 Å². The van der Waals surface area contributed by atoms with Crippen molar-refractivity contribution in [2.24, 2.45) is 0 Å². The molecule has 2 nitrogen and oxygen atoms in total. The summed E-state index contributed by atoms with van der Waals surface area (Å²) in [5, 5.41) is 3.47. The van der Waals surface area contributed by atoms with Crippen LogP contribution >= 0.6 is 15.9 Å². The molecule has 0 spiro atoms. The Morgan fingerprint density at radius 1 is 1.21 bits per heavy atom. The lowest BCUT2D eigenvalue weighted by Gasteiger charge is -2.21. The SMILES string of the molecule is CCC(CC)Oc1c(C)cc(Br)cc1CNC(C)C. The minimum Gasteiger partial charge on any atom is -0.490 e. The molecular weight excluding hydrogens is 302 g/mol. The van der Waals surface area contributed by atoms with Crippen molar-refractivity contribution in [3.63, 3.8) is 0 Å². The van der Waals surface area contributed by atoms with E-state index in [1.807, 2.05) is 0 Å². The maximum absolute atomic E-state index is 6.20. The Kier molecular flexibility index (Phi) is 6.87. The monoisotopic (exact) mass is 327 g/mol. The van der Waals surface area contributed by atoms with Gasteiger partial charge in [0.15, 0.2) is 0 Å². The molecule has 0 saturated heterocycles. The van der Waals surface area contributed by atoms with Gasteiger partial charge in [0, 0.05) is 22.6 Å². The molecule has 19 heavy (non-hydrogen) atoms. The quantitative estimate of drug-likeness (QED) is 0.774. The number of benzene rings is 1. The van der Waals surface area contributed by atoms with Gasteiger partial charge in [-0.3, -0.25) is 0 Å². The fourth-order valence-electron chi connectivity index (χ4n) is 2.04. The standard InChI is InChI=1S/C16H26BrNO/c1-6-15(7-2)19-16-12(5)8-14(17)9-13(16)10-18-11(3)4/h8-9,11,15,18H,6-7,10H2,1-5H3. The van der Waals surface area contributed by atoms with Crippen LogP contribution in [0.4, 0.5) is 0 Å². The summed E-state index contributed by atoms with van der Waals surface area (Å²) in [5.41, 5.74) is 2.43. The molecule has 0 aliphatic rings. The van der Waals surface area contributed by atoms with Crippen molar-refractivity contribution in [1.29, 1.82) is 0 Å². The molecule has 0 amide bonds. The zero-order chi connectivity index (χ0) is 14.4. The molecule has 0 aliphatic heterocycles. The molecule has 0 bridgehead atoms. The van der Waals surface area contributed by atoms with Crippen LogP contribution in [0.25, 0.3) is 0 Å². The lowest BCUT2D eigenvalue weighted by atomic mass is 10.1. The van der Waals surface area contributed by atoms with Crippen molar-refractivity contribution in [2.45, 2.75) is 66.2 Å². The average molecular weight is 328 g/mol. The molecule has 1 aromatic rings. The summed E-state index contributed by atoms with van der Waals surface area (Å²) < 4.78 is 7.31. The van der Waals surface area contributed by atoms with Gasteiger partial charge in [0.05, 0.1) is 6.10 Å². The summed E-state index contributed by atoms with van der Waals surface area (Å²) in [6, 6.07) is 4.75. The van der Waals surface area contributed by atoms with Crippen LogP contribution in [0.5, 0.6) is 5.75 Å². The molecule has 0 fully saturated rings. The number of aryl methyl sites for hydroxylation is 1. The molecule has 0 atom stereocenters. The van der Waals surface area contributed by atoms with E-state index in [1.165, 1.54) is 11.1 Å². The first kappa shape index (κ1) is 16.5. The number of ether oxygens (including phenoxy) is 1. The molecule has 1 rings (SSSR count). The molecule has 0 aromatic heterocycles. The molecule has 1 aromatic carbocycles. The zero-order valence-electron chi connectivity index (χ0n) is 12.7. The first-order valence-corrected chi connectivity index (χ1v) is 7.96. The third-order valence-electron chi connectivity index (χ3n) is 3.21. The highest BCUT2D eigenvalue weighted by Gasteiger charge is 2.13. The smallest absolute Gasteiger partial charge is 0.127 e. The fourth-order valence-corrected chi connectivity index (χ4v) is 2.66. The van der Waals surface area contributed by atoms with Gasteiger partial charge in [-0.25, -0.2) is 0 Å². The molecule has 1 N–H and O–H groups in total. The molecule has 0 aliphatic carbocycles. The van der Waals surface area contributed by atoms with E-state index in [0.717, 1.165) is 29.6 Å². The Labute approximate surface area is 126 Å². The minimum absolute atomic E-state index is 0.303. The molecular formula is C16H26BrNO. The summed E-state index contributed by atoms with van der Waals surface area (Å²) in [4.78, 5) is 0. The molecule has 0 saturated carbocycles. The number of hydrogen-bond donors (Lipinski definition) is 1. The number of nitrogens with one attached hydrogen (secondary N) is 1. The largest absolute Gasteiger partial charge is 0.490 e. The van der Waals surface area contributed by atoms with Crippen LogP contribution in [0.3, 0.4) is 0 Å². The average Bonchev–Trinajstić information content (AvgIpc) is 2.35. The second-order valence-electron chi connectivity index (χ2n) is 5.30. The highest BCUT2D eigenvalue weighted by atomic mass is 79.9. The topological polar surface area (TPSA) is 21.3 Å². The number of halogens is 1. The fraction of sp³-hybridized carbons (Fsp3) is 0.625. The molecule has 0 unspecified atom stereocenters. The van der Waals surface area contributed by atoms with Crippen LogP contribution in [-0.2, 0) is 6.54 Å². The molecule has 0 radical (unpaired) electrons. The van der Waals surface area contributed by atoms with Crippen LogP contribution in [0.2, 0.25) is 0 Å². The lowest BCUT2D eigenvalue weighted by Crippen LogP contribution is -2.23. The first-order chi connectivity index (χ1) is 8.97. The second-order valence-corrected chi connectivity index (χ2v) is 6.22. The number of rotatable bonds is 7. The van der Waals surface area contributed by atoms with Gasteiger partial charge in [0.25, 0.3) is 0 Å². The maximum atomic E-state index is 6.20. The van der Waals surface area contributed by atoms with E-state index in [4.69, 9.17) is 4.74 Å². The van der Waals surface area contributed by atoms with Gasteiger partial charge >= 0.3 is 0 Å². The van der Waals surface area contributed by atoms with Crippen LogP contribution in [0.15, 0.2) is 16.6 Å². The Morgan fingerprint density at radius 2 is 1.84 bits per heavy atom. The number of hydrogen-bond acceptors (Lipinski definition) is 2. The predicted octanol–water partition coefficient (Wildman–Crippen LogP) is 4.82. The lowest BCUT2D eigenvalue weighted by molar-refractivity contribution is 0.189. The Bertz CT molecular complexity index is 400. The van der Waals surface area contributed by atoms with Gasteiger partial charge in [-0.1, -0.05) is 43.6 Å². The van der Waals surface area contributed by atoms with Crippen LogP contribution in [-0.4, -0.2) is 12.1 Å². The molecule has 3 heteroatoms. The van der Waals surface area contributed by atoms with Crippen LogP contribution in [0, 0.1) is 6.92 Å². The molecule has 0 heterocycles. The Morgan fingerprint density at radius 3 is 2.37 bits per heavy atom. The summed E-state index contributed by atoms with van der Waals surface area (Å²) in [5.74, 6) is 1.05. The second kappa shape index (κ2) is 7.91. The van der Waals surface area contributed by atoms with Crippen LogP contribution < -0.4 is 10.1 Å². The van der Waals surface area contributed by atoms with Crippen LogP contribution in [0.1, 0.15) is 51.7 Å². The van der Waals surface area contributed by atoms with Crippen molar-refractivity contribution < 1.29 is 4.74 Å². The van der Waals surface area contributed by atoms with Crippen molar-refractivity contribution in [2.75, 3.05) is 0 Å². The van der Waals surface area contributed by atoms with Crippen molar-refractivity contribution in [1.82, 2.24) is 5.32 Å². The van der Waals surface area contributed by atoms with Crippen molar-refractivity contribution in [3.05, 3.63) is 27.7 Å². The van der Waals surface area contributed by atoms with Gasteiger partial charge < -0.3 is 10.1 Å². The minimum atomic E-state index is 0.303. The van der Waals surface area contributed by atoms with E-state index >= 15 is 0 Å². The maximum Gasteiger partial charge on any atom is 0.127 e. The molecule has 108 valence electrons. The highest BCUT2D eigenvalue weighted by Crippen LogP contribution is 2.29. The van der Waals surface area contributed by atoms with E-state index in [9.17, 15) is 0 Å². The van der Waals surface area contributed by atoms with Gasteiger partial charge in [-0.05, 0) is 37.5 Å². The Balaban J connectivity index is 2.98. The summed E-state index contributed by atoms with van der Waals surface area (Å²) in [6.07, 6.45) is 2.39. The summed E-state index contributed by atoms with van der Waals surface area (Å²) in [6.45, 7) is 11.6. The van der Waals surface area contributed by atoms with E-state index in [1.54, 1.807) is 0 Å². The van der Waals surface area contributed by atoms with Crippen molar-refractivity contribution >= 4 is 15.9 Å².